The van der Waals surface area contributed by atoms with Crippen LogP contribution < -0.4 is 5.32 Å². The van der Waals surface area contributed by atoms with E-state index in [4.69, 9.17) is 4.74 Å². The van der Waals surface area contributed by atoms with Crippen LogP contribution in [0.5, 0.6) is 0 Å². The van der Waals surface area contributed by atoms with Gasteiger partial charge in [-0.25, -0.2) is 4.98 Å². The number of amides is 1. The summed E-state index contributed by atoms with van der Waals surface area (Å²) < 4.78 is 9.56. The molecule has 1 fully saturated rings. The Morgan fingerprint density at radius 3 is 3.21 bits per heavy atom. The molecule has 0 unspecified atom stereocenters. The number of nitrogens with zero attached hydrogens (tertiary/aromatic N) is 4. The molecule has 3 aromatic heterocycles. The zero-order valence-corrected chi connectivity index (χ0v) is 13.4. The normalized spacial score (nSPS) is 20.5. The molecular weight excluding hydrogens is 306 g/mol. The summed E-state index contributed by atoms with van der Waals surface area (Å²) in [5.74, 6) is -0.108. The molecule has 0 aliphatic carbocycles. The van der Waals surface area contributed by atoms with E-state index in [0.717, 1.165) is 24.2 Å². The first-order valence-electron chi connectivity index (χ1n) is 8.12. The molecule has 0 bridgehead atoms. The highest BCUT2D eigenvalue weighted by molar-refractivity contribution is 5.95. The van der Waals surface area contributed by atoms with Crippen LogP contribution in [0.2, 0.25) is 0 Å². The first-order chi connectivity index (χ1) is 11.7. The van der Waals surface area contributed by atoms with Crippen molar-refractivity contribution in [2.24, 2.45) is 0 Å². The Hall–Kier alpha value is -2.67. The minimum Gasteiger partial charge on any atom is -0.371 e. The quantitative estimate of drug-likeness (QED) is 0.794. The fourth-order valence-electron chi connectivity index (χ4n) is 3.07. The summed E-state index contributed by atoms with van der Waals surface area (Å²) in [6.07, 6.45) is 9.84. The third-order valence-electron chi connectivity index (χ3n) is 4.37. The van der Waals surface area contributed by atoms with Crippen molar-refractivity contribution < 1.29 is 9.53 Å². The van der Waals surface area contributed by atoms with Gasteiger partial charge in [0.15, 0.2) is 0 Å². The number of carbonyl (C=O) groups is 1. The monoisotopic (exact) mass is 325 g/mol. The standard InChI is InChI=1S/C17H19N5O2/c1-2-22-11-13(10-19-22)16-14(4-8-24-16)20-17(23)12-3-6-21-7-5-18-15(21)9-12/h3,5-7,9-11,14,16H,2,4,8H2,1H3,(H,20,23)/t14-,16+/m0/s1. The lowest BCUT2D eigenvalue weighted by molar-refractivity contribution is 0.0821. The van der Waals surface area contributed by atoms with Crippen molar-refractivity contribution in [2.45, 2.75) is 32.0 Å². The van der Waals surface area contributed by atoms with Crippen molar-refractivity contribution in [1.29, 1.82) is 0 Å². The van der Waals surface area contributed by atoms with Crippen molar-refractivity contribution in [3.63, 3.8) is 0 Å². The average molecular weight is 325 g/mol. The molecule has 4 rings (SSSR count). The van der Waals surface area contributed by atoms with Gasteiger partial charge in [-0.2, -0.15) is 5.10 Å². The summed E-state index contributed by atoms with van der Waals surface area (Å²) in [7, 11) is 0. The second-order valence-corrected chi connectivity index (χ2v) is 5.90. The molecule has 0 radical (unpaired) electrons. The third kappa shape index (κ3) is 2.67. The maximum absolute atomic E-state index is 12.6. The summed E-state index contributed by atoms with van der Waals surface area (Å²) in [5, 5.41) is 7.38. The smallest absolute Gasteiger partial charge is 0.251 e. The summed E-state index contributed by atoms with van der Waals surface area (Å²) in [6, 6.07) is 3.53. The van der Waals surface area contributed by atoms with Gasteiger partial charge >= 0.3 is 0 Å². The number of carbonyl (C=O) groups excluding carboxylic acids is 1. The van der Waals surface area contributed by atoms with Crippen molar-refractivity contribution in [2.75, 3.05) is 6.61 Å². The van der Waals surface area contributed by atoms with Gasteiger partial charge in [-0.05, 0) is 25.5 Å². The Kier molecular flexibility index (Phi) is 3.78. The van der Waals surface area contributed by atoms with E-state index < -0.39 is 0 Å². The predicted octanol–water partition coefficient (Wildman–Crippen LogP) is 1.81. The largest absolute Gasteiger partial charge is 0.371 e. The molecule has 1 N–H and O–H groups in total. The van der Waals surface area contributed by atoms with Gasteiger partial charge in [0.1, 0.15) is 11.8 Å². The molecule has 0 aromatic carbocycles. The van der Waals surface area contributed by atoms with Crippen LogP contribution in [0.25, 0.3) is 5.65 Å². The molecule has 0 saturated carbocycles. The second kappa shape index (κ2) is 6.09. The van der Waals surface area contributed by atoms with Crippen molar-refractivity contribution >= 4 is 11.6 Å². The van der Waals surface area contributed by atoms with Crippen LogP contribution in [0.15, 0.2) is 43.1 Å². The minimum absolute atomic E-state index is 0.0528. The molecule has 3 aromatic rings. The van der Waals surface area contributed by atoms with E-state index in [9.17, 15) is 4.79 Å². The molecule has 2 atom stereocenters. The molecule has 4 heterocycles. The van der Waals surface area contributed by atoms with E-state index in [1.807, 2.05) is 40.8 Å². The first kappa shape index (κ1) is 14.9. The van der Waals surface area contributed by atoms with Crippen molar-refractivity contribution in [1.82, 2.24) is 24.5 Å². The number of aryl methyl sites for hydroxylation is 1. The molecule has 1 aliphatic heterocycles. The number of ether oxygens (including phenoxy) is 1. The number of fused-ring (bicyclic) bond motifs is 1. The lowest BCUT2D eigenvalue weighted by Crippen LogP contribution is -2.36. The van der Waals surface area contributed by atoms with Gasteiger partial charge in [-0.1, -0.05) is 0 Å². The maximum atomic E-state index is 12.6. The van der Waals surface area contributed by atoms with Crippen LogP contribution in [-0.2, 0) is 11.3 Å². The van der Waals surface area contributed by atoms with Crippen molar-refractivity contribution in [3.8, 4) is 0 Å². The average Bonchev–Trinajstić information content (AvgIpc) is 3.33. The SMILES string of the molecule is CCn1cc([C@H]2OCC[C@@H]2NC(=O)c2ccn3ccnc3c2)cn1. The Labute approximate surface area is 139 Å². The zero-order chi connectivity index (χ0) is 16.5. The van der Waals surface area contributed by atoms with E-state index in [1.54, 1.807) is 18.3 Å². The number of nitrogens with one attached hydrogen (secondary N) is 1. The summed E-state index contributed by atoms with van der Waals surface area (Å²) in [5.41, 5.74) is 2.36. The molecule has 7 heteroatoms. The number of aromatic nitrogens is 4. The highest BCUT2D eigenvalue weighted by Crippen LogP contribution is 2.29. The predicted molar refractivity (Wildman–Crippen MR) is 87.7 cm³/mol. The van der Waals surface area contributed by atoms with Gasteiger partial charge < -0.3 is 14.5 Å². The fourth-order valence-corrected chi connectivity index (χ4v) is 3.07. The molecule has 0 spiro atoms. The van der Waals surface area contributed by atoms with Gasteiger partial charge in [0, 0.05) is 49.1 Å². The molecule has 1 amide bonds. The minimum atomic E-state index is -0.149. The van der Waals surface area contributed by atoms with Crippen LogP contribution in [0.1, 0.15) is 35.4 Å². The second-order valence-electron chi connectivity index (χ2n) is 5.90. The van der Waals surface area contributed by atoms with Crippen molar-refractivity contribution in [3.05, 3.63) is 54.2 Å². The highest BCUT2D eigenvalue weighted by atomic mass is 16.5. The number of pyridine rings is 1. The van der Waals surface area contributed by atoms with Gasteiger partial charge in [0.05, 0.1) is 12.2 Å². The Balaban J connectivity index is 1.51. The van der Waals surface area contributed by atoms with Gasteiger partial charge in [0.25, 0.3) is 5.91 Å². The van der Waals surface area contributed by atoms with Crippen LogP contribution >= 0.6 is 0 Å². The van der Waals surface area contributed by atoms with Crippen LogP contribution in [0, 0.1) is 0 Å². The Morgan fingerprint density at radius 1 is 1.46 bits per heavy atom. The van der Waals surface area contributed by atoms with Gasteiger partial charge in [0.2, 0.25) is 0 Å². The summed E-state index contributed by atoms with van der Waals surface area (Å²) in [6.45, 7) is 3.48. The molecule has 1 saturated heterocycles. The number of rotatable bonds is 4. The van der Waals surface area contributed by atoms with E-state index in [0.29, 0.717) is 12.2 Å². The maximum Gasteiger partial charge on any atom is 0.251 e. The van der Waals surface area contributed by atoms with E-state index in [-0.39, 0.29) is 18.1 Å². The number of hydrogen-bond acceptors (Lipinski definition) is 4. The third-order valence-corrected chi connectivity index (χ3v) is 4.37. The topological polar surface area (TPSA) is 73.5 Å². The Bertz CT molecular complexity index is 869. The summed E-state index contributed by atoms with van der Waals surface area (Å²) >= 11 is 0. The number of imidazole rings is 1. The van der Waals surface area contributed by atoms with Crippen LogP contribution in [0.3, 0.4) is 0 Å². The molecule has 1 aliphatic rings. The lowest BCUT2D eigenvalue weighted by Gasteiger charge is -2.18. The number of hydrogen-bond donors (Lipinski definition) is 1. The molecule has 124 valence electrons. The zero-order valence-electron chi connectivity index (χ0n) is 13.4. The summed E-state index contributed by atoms with van der Waals surface area (Å²) in [4.78, 5) is 16.8. The Morgan fingerprint density at radius 2 is 2.38 bits per heavy atom. The fraction of sp³-hybridized carbons (Fsp3) is 0.353. The van der Waals surface area contributed by atoms with Gasteiger partial charge in [-0.3, -0.25) is 9.48 Å². The molecular formula is C17H19N5O2. The van der Waals surface area contributed by atoms with Gasteiger partial charge in [-0.15, -0.1) is 0 Å². The van der Waals surface area contributed by atoms with E-state index in [1.165, 1.54) is 0 Å². The van der Waals surface area contributed by atoms with E-state index >= 15 is 0 Å². The van der Waals surface area contributed by atoms with Crippen LogP contribution in [-0.4, -0.2) is 37.7 Å². The van der Waals surface area contributed by atoms with Crippen LogP contribution in [0.4, 0.5) is 0 Å². The lowest BCUT2D eigenvalue weighted by atomic mass is 10.0. The highest BCUT2D eigenvalue weighted by Gasteiger charge is 2.32. The molecule has 24 heavy (non-hydrogen) atoms. The molecule has 7 nitrogen and oxygen atoms in total. The van der Waals surface area contributed by atoms with E-state index in [2.05, 4.69) is 15.4 Å². The first-order valence-corrected chi connectivity index (χ1v) is 8.12.